The van der Waals surface area contributed by atoms with Crippen LogP contribution in [0.15, 0.2) is 0 Å². The average molecular weight is 254 g/mol. The van der Waals surface area contributed by atoms with Crippen molar-refractivity contribution in [2.45, 2.75) is 58.1 Å². The van der Waals surface area contributed by atoms with Gasteiger partial charge in [0.15, 0.2) is 0 Å². The minimum atomic E-state index is -0.391. The van der Waals surface area contributed by atoms with Gasteiger partial charge < -0.3 is 9.64 Å². The van der Waals surface area contributed by atoms with Crippen LogP contribution in [0, 0.1) is 0 Å². The molecule has 1 atom stereocenters. The first kappa shape index (κ1) is 13.7. The normalized spacial score (nSPS) is 26.4. The molecule has 4 heteroatoms. The lowest BCUT2D eigenvalue weighted by Crippen LogP contribution is -2.50. The summed E-state index contributed by atoms with van der Waals surface area (Å²) < 4.78 is 5.46. The largest absolute Gasteiger partial charge is 0.444 e. The summed E-state index contributed by atoms with van der Waals surface area (Å²) in [6, 6.07) is 0.550. The molecule has 0 N–H and O–H groups in total. The molecule has 18 heavy (non-hydrogen) atoms. The Balaban J connectivity index is 1.87. The van der Waals surface area contributed by atoms with Crippen molar-refractivity contribution < 1.29 is 9.53 Å². The molecular weight excluding hydrogens is 228 g/mol. The molecule has 0 aliphatic carbocycles. The third-order valence-electron chi connectivity index (χ3n) is 3.71. The number of hydrogen-bond donors (Lipinski definition) is 0. The van der Waals surface area contributed by atoms with Crippen LogP contribution in [0.5, 0.6) is 0 Å². The van der Waals surface area contributed by atoms with E-state index in [9.17, 15) is 4.79 Å². The monoisotopic (exact) mass is 254 g/mol. The third kappa shape index (κ3) is 3.61. The first-order chi connectivity index (χ1) is 8.46. The summed E-state index contributed by atoms with van der Waals surface area (Å²) in [5.41, 5.74) is -0.391. The first-order valence-electron chi connectivity index (χ1n) is 7.18. The van der Waals surface area contributed by atoms with E-state index in [4.69, 9.17) is 4.74 Å². The molecular formula is C14H26N2O2. The zero-order valence-corrected chi connectivity index (χ0v) is 11.9. The summed E-state index contributed by atoms with van der Waals surface area (Å²) in [4.78, 5) is 16.5. The van der Waals surface area contributed by atoms with Crippen LogP contribution >= 0.6 is 0 Å². The zero-order chi connectivity index (χ0) is 13.2. The van der Waals surface area contributed by atoms with E-state index in [0.29, 0.717) is 6.04 Å². The first-order valence-corrected chi connectivity index (χ1v) is 7.18. The van der Waals surface area contributed by atoms with Gasteiger partial charge in [-0.1, -0.05) is 0 Å². The van der Waals surface area contributed by atoms with Crippen LogP contribution in [0.3, 0.4) is 0 Å². The highest BCUT2D eigenvalue weighted by molar-refractivity contribution is 5.68. The van der Waals surface area contributed by atoms with Crippen molar-refractivity contribution in [3.63, 3.8) is 0 Å². The van der Waals surface area contributed by atoms with Crippen LogP contribution in [-0.2, 0) is 4.74 Å². The Labute approximate surface area is 110 Å². The van der Waals surface area contributed by atoms with E-state index < -0.39 is 5.60 Å². The second kappa shape index (κ2) is 5.47. The second-order valence-corrected chi connectivity index (χ2v) is 6.47. The lowest BCUT2D eigenvalue weighted by atomic mass is 10.0. The molecule has 2 aliphatic heterocycles. The molecule has 0 spiro atoms. The lowest BCUT2D eigenvalue weighted by molar-refractivity contribution is 0.0124. The fourth-order valence-corrected chi connectivity index (χ4v) is 2.85. The maximum absolute atomic E-state index is 12.1. The Morgan fingerprint density at radius 1 is 1.11 bits per heavy atom. The third-order valence-corrected chi connectivity index (χ3v) is 3.71. The molecule has 104 valence electrons. The topological polar surface area (TPSA) is 32.8 Å². The fraction of sp³-hybridized carbons (Fsp3) is 0.929. The van der Waals surface area contributed by atoms with E-state index in [1.165, 1.54) is 32.4 Å². The van der Waals surface area contributed by atoms with E-state index in [1.54, 1.807) is 0 Å². The van der Waals surface area contributed by atoms with Crippen molar-refractivity contribution in [1.29, 1.82) is 0 Å². The van der Waals surface area contributed by atoms with Crippen LogP contribution in [0.25, 0.3) is 0 Å². The Morgan fingerprint density at radius 2 is 1.78 bits per heavy atom. The molecule has 2 rings (SSSR count). The molecule has 0 bridgehead atoms. The molecule has 1 unspecified atom stereocenters. The van der Waals surface area contributed by atoms with Crippen molar-refractivity contribution in [3.8, 4) is 0 Å². The molecule has 0 radical (unpaired) electrons. The number of hydrogen-bond acceptors (Lipinski definition) is 3. The Hall–Kier alpha value is -0.770. The number of rotatable bonds is 1. The Kier molecular flexibility index (Phi) is 4.15. The van der Waals surface area contributed by atoms with E-state index in [1.807, 2.05) is 25.7 Å². The van der Waals surface area contributed by atoms with E-state index >= 15 is 0 Å². The van der Waals surface area contributed by atoms with Gasteiger partial charge in [-0.3, -0.25) is 4.90 Å². The number of carbonyl (C=O) groups excluding carboxylic acids is 1. The molecule has 0 aromatic heterocycles. The van der Waals surface area contributed by atoms with Gasteiger partial charge in [0.25, 0.3) is 0 Å². The standard InChI is InChI=1S/C14H26N2O2/c1-14(2,3)18-13(17)16-10-6-7-12(11-16)15-8-4-5-9-15/h12H,4-11H2,1-3H3. The van der Waals surface area contributed by atoms with Crippen LogP contribution in [0.1, 0.15) is 46.5 Å². The van der Waals surface area contributed by atoms with Gasteiger partial charge in [-0.2, -0.15) is 0 Å². The highest BCUT2D eigenvalue weighted by atomic mass is 16.6. The summed E-state index contributed by atoms with van der Waals surface area (Å²) in [6.07, 6.45) is 4.79. The predicted molar refractivity (Wildman–Crippen MR) is 71.6 cm³/mol. The minimum Gasteiger partial charge on any atom is -0.444 e. The van der Waals surface area contributed by atoms with Crippen molar-refractivity contribution in [2.75, 3.05) is 26.2 Å². The van der Waals surface area contributed by atoms with Crippen LogP contribution in [0.4, 0.5) is 4.79 Å². The van der Waals surface area contributed by atoms with Gasteiger partial charge >= 0.3 is 6.09 Å². The lowest BCUT2D eigenvalue weighted by Gasteiger charge is -2.38. The zero-order valence-electron chi connectivity index (χ0n) is 11.9. The van der Waals surface area contributed by atoms with E-state index in [2.05, 4.69) is 4.90 Å². The highest BCUT2D eigenvalue weighted by Gasteiger charge is 2.31. The SMILES string of the molecule is CC(C)(C)OC(=O)N1CCCC(N2CCCC2)C1. The van der Waals surface area contributed by atoms with E-state index in [0.717, 1.165) is 19.5 Å². The second-order valence-electron chi connectivity index (χ2n) is 6.47. The Morgan fingerprint density at radius 3 is 2.39 bits per heavy atom. The molecule has 2 saturated heterocycles. The summed E-state index contributed by atoms with van der Waals surface area (Å²) in [7, 11) is 0. The molecule has 0 aromatic rings. The van der Waals surface area contributed by atoms with E-state index in [-0.39, 0.29) is 6.09 Å². The summed E-state index contributed by atoms with van der Waals surface area (Å²) in [5, 5.41) is 0. The van der Waals surface area contributed by atoms with Crippen LogP contribution in [0.2, 0.25) is 0 Å². The fourth-order valence-electron chi connectivity index (χ4n) is 2.85. The summed E-state index contributed by atoms with van der Waals surface area (Å²) in [6.45, 7) is 9.86. The number of likely N-dealkylation sites (tertiary alicyclic amines) is 2. The molecule has 4 nitrogen and oxygen atoms in total. The molecule has 1 amide bonds. The number of ether oxygens (including phenoxy) is 1. The molecule has 2 heterocycles. The summed E-state index contributed by atoms with van der Waals surface area (Å²) >= 11 is 0. The van der Waals surface area contributed by atoms with Gasteiger partial charge in [0.2, 0.25) is 0 Å². The highest BCUT2D eigenvalue weighted by Crippen LogP contribution is 2.21. The quantitative estimate of drug-likeness (QED) is 0.720. The smallest absolute Gasteiger partial charge is 0.410 e. The van der Waals surface area contributed by atoms with Crippen molar-refractivity contribution in [1.82, 2.24) is 9.80 Å². The maximum atomic E-state index is 12.1. The Bertz CT molecular complexity index is 293. The predicted octanol–water partition coefficient (Wildman–Crippen LogP) is 2.48. The molecule has 0 saturated carbocycles. The van der Waals surface area contributed by atoms with Crippen molar-refractivity contribution in [2.24, 2.45) is 0 Å². The molecule has 2 fully saturated rings. The average Bonchev–Trinajstić information content (AvgIpc) is 2.80. The number of piperidine rings is 1. The molecule has 0 aromatic carbocycles. The van der Waals surface area contributed by atoms with Gasteiger partial charge in [0.1, 0.15) is 5.60 Å². The van der Waals surface area contributed by atoms with Gasteiger partial charge in [-0.15, -0.1) is 0 Å². The van der Waals surface area contributed by atoms with Crippen LogP contribution < -0.4 is 0 Å². The maximum Gasteiger partial charge on any atom is 0.410 e. The number of carbonyl (C=O) groups is 1. The van der Waals surface area contributed by atoms with Crippen molar-refractivity contribution in [3.05, 3.63) is 0 Å². The van der Waals surface area contributed by atoms with Gasteiger partial charge in [0, 0.05) is 19.1 Å². The number of nitrogens with zero attached hydrogens (tertiary/aromatic N) is 2. The minimum absolute atomic E-state index is 0.147. The van der Waals surface area contributed by atoms with Gasteiger partial charge in [0.05, 0.1) is 0 Å². The molecule has 2 aliphatic rings. The number of amides is 1. The van der Waals surface area contributed by atoms with Gasteiger partial charge in [-0.25, -0.2) is 4.79 Å². The van der Waals surface area contributed by atoms with Gasteiger partial charge in [-0.05, 0) is 59.5 Å². The van der Waals surface area contributed by atoms with Crippen LogP contribution in [-0.4, -0.2) is 53.7 Å². The van der Waals surface area contributed by atoms with Crippen molar-refractivity contribution >= 4 is 6.09 Å². The summed E-state index contributed by atoms with van der Waals surface area (Å²) in [5.74, 6) is 0.